The van der Waals surface area contributed by atoms with E-state index in [0.29, 0.717) is 30.4 Å². The van der Waals surface area contributed by atoms with Gasteiger partial charge in [-0.2, -0.15) is 0 Å². The number of carbonyl (C=O) groups excluding carboxylic acids is 2. The van der Waals surface area contributed by atoms with E-state index in [9.17, 15) is 9.59 Å². The third-order valence-electron chi connectivity index (χ3n) is 2.70. The Balaban J connectivity index is 2.12. The summed E-state index contributed by atoms with van der Waals surface area (Å²) >= 11 is 0. The first-order valence-electron chi connectivity index (χ1n) is 5.87. The van der Waals surface area contributed by atoms with Crippen LogP contribution in [-0.2, 0) is 14.3 Å². The molecule has 0 bridgehead atoms. The molecule has 0 aromatic heterocycles. The van der Waals surface area contributed by atoms with Gasteiger partial charge in [-0.1, -0.05) is 0 Å². The molecule has 6 nitrogen and oxygen atoms in total. The van der Waals surface area contributed by atoms with Gasteiger partial charge < -0.3 is 19.5 Å². The van der Waals surface area contributed by atoms with Crippen LogP contribution in [0.25, 0.3) is 0 Å². The van der Waals surface area contributed by atoms with E-state index in [2.05, 4.69) is 10.1 Å². The van der Waals surface area contributed by atoms with Crippen molar-refractivity contribution >= 4 is 17.6 Å². The molecular weight excluding hydrogens is 250 g/mol. The van der Waals surface area contributed by atoms with E-state index in [1.165, 1.54) is 7.11 Å². The van der Waals surface area contributed by atoms with Gasteiger partial charge in [-0.05, 0) is 18.6 Å². The van der Waals surface area contributed by atoms with Gasteiger partial charge in [0.1, 0.15) is 19.6 Å². The van der Waals surface area contributed by atoms with E-state index in [1.807, 2.05) is 6.92 Å². The van der Waals surface area contributed by atoms with Crippen LogP contribution in [0.3, 0.4) is 0 Å². The Bertz CT molecular complexity index is 512. The van der Waals surface area contributed by atoms with Crippen LogP contribution in [0.2, 0.25) is 0 Å². The molecule has 1 N–H and O–H groups in total. The van der Waals surface area contributed by atoms with Crippen molar-refractivity contribution in [3.8, 4) is 11.5 Å². The van der Waals surface area contributed by atoms with E-state index in [1.54, 1.807) is 12.1 Å². The van der Waals surface area contributed by atoms with Crippen molar-refractivity contribution in [2.75, 3.05) is 25.6 Å². The third kappa shape index (κ3) is 3.15. The van der Waals surface area contributed by atoms with Gasteiger partial charge >= 0.3 is 5.97 Å². The van der Waals surface area contributed by atoms with E-state index in [0.717, 1.165) is 5.56 Å². The normalized spacial score (nSPS) is 12.7. The second-order valence-electron chi connectivity index (χ2n) is 4.11. The fourth-order valence-corrected chi connectivity index (χ4v) is 1.72. The predicted octanol–water partition coefficient (Wildman–Crippen LogP) is 1.27. The van der Waals surface area contributed by atoms with Gasteiger partial charge in [0.15, 0.2) is 11.5 Å². The highest BCUT2D eigenvalue weighted by atomic mass is 16.6. The molecule has 6 heteroatoms. The van der Waals surface area contributed by atoms with Gasteiger partial charge in [0, 0.05) is 11.8 Å². The number of methoxy groups -OCH3 is 1. The van der Waals surface area contributed by atoms with Gasteiger partial charge in [0.2, 0.25) is 5.91 Å². The fourth-order valence-electron chi connectivity index (χ4n) is 1.72. The number of fused-ring (bicyclic) bond motifs is 1. The molecule has 1 aliphatic rings. The summed E-state index contributed by atoms with van der Waals surface area (Å²) in [4.78, 5) is 22.6. The molecule has 1 amide bonds. The maximum Gasteiger partial charge on any atom is 0.315 e. The van der Waals surface area contributed by atoms with Crippen LogP contribution in [0, 0.1) is 6.92 Å². The third-order valence-corrected chi connectivity index (χ3v) is 2.70. The zero-order valence-corrected chi connectivity index (χ0v) is 10.8. The number of esters is 1. The highest BCUT2D eigenvalue weighted by Crippen LogP contribution is 2.35. The molecule has 2 rings (SSSR count). The van der Waals surface area contributed by atoms with Crippen LogP contribution in [0.15, 0.2) is 12.1 Å². The number of carbonyl (C=O) groups is 2. The maximum absolute atomic E-state index is 11.6. The van der Waals surface area contributed by atoms with Crippen molar-refractivity contribution in [2.45, 2.75) is 13.3 Å². The lowest BCUT2D eigenvalue weighted by atomic mass is 10.1. The Kier molecular flexibility index (Phi) is 3.89. The van der Waals surface area contributed by atoms with E-state index >= 15 is 0 Å². The van der Waals surface area contributed by atoms with E-state index in [-0.39, 0.29) is 6.42 Å². The minimum Gasteiger partial charge on any atom is -0.486 e. The standard InChI is InChI=1S/C13H15NO5/c1-8-5-10-11(19-4-3-18-10)6-9(8)14-12(15)7-13(16)17-2/h5-6H,3-4,7H2,1-2H3,(H,14,15). The number of aryl methyl sites for hydroxylation is 1. The zero-order valence-electron chi connectivity index (χ0n) is 10.8. The molecule has 0 saturated heterocycles. The molecule has 19 heavy (non-hydrogen) atoms. The smallest absolute Gasteiger partial charge is 0.315 e. The number of amides is 1. The molecule has 0 unspecified atom stereocenters. The van der Waals surface area contributed by atoms with Crippen LogP contribution in [-0.4, -0.2) is 32.2 Å². The van der Waals surface area contributed by atoms with Crippen LogP contribution in [0.1, 0.15) is 12.0 Å². The summed E-state index contributed by atoms with van der Waals surface area (Å²) in [6.45, 7) is 2.83. The summed E-state index contributed by atoms with van der Waals surface area (Å²) in [6.07, 6.45) is -0.315. The summed E-state index contributed by atoms with van der Waals surface area (Å²) in [5, 5.41) is 2.65. The molecule has 1 aromatic rings. The number of hydrogen-bond donors (Lipinski definition) is 1. The Morgan fingerprint density at radius 1 is 1.26 bits per heavy atom. The monoisotopic (exact) mass is 265 g/mol. The first-order chi connectivity index (χ1) is 9.10. The molecule has 0 spiro atoms. The summed E-state index contributed by atoms with van der Waals surface area (Å²) in [5.41, 5.74) is 1.43. The van der Waals surface area contributed by atoms with Gasteiger partial charge in [0.05, 0.1) is 7.11 Å². The topological polar surface area (TPSA) is 73.9 Å². The molecule has 0 radical (unpaired) electrons. The molecule has 1 aromatic carbocycles. The van der Waals surface area contributed by atoms with Gasteiger partial charge in [-0.25, -0.2) is 0 Å². The Labute approximate surface area is 110 Å². The van der Waals surface area contributed by atoms with E-state index < -0.39 is 11.9 Å². The van der Waals surface area contributed by atoms with Crippen LogP contribution in [0.4, 0.5) is 5.69 Å². The lowest BCUT2D eigenvalue weighted by molar-refractivity contribution is -0.142. The summed E-state index contributed by atoms with van der Waals surface area (Å²) in [6, 6.07) is 3.49. The van der Waals surface area contributed by atoms with Gasteiger partial charge in [-0.15, -0.1) is 0 Å². The van der Waals surface area contributed by atoms with Crippen LogP contribution >= 0.6 is 0 Å². The van der Waals surface area contributed by atoms with Crippen LogP contribution < -0.4 is 14.8 Å². The second kappa shape index (κ2) is 5.60. The molecule has 0 fully saturated rings. The van der Waals surface area contributed by atoms with Crippen molar-refractivity contribution in [1.29, 1.82) is 0 Å². The van der Waals surface area contributed by atoms with Crippen molar-refractivity contribution in [2.24, 2.45) is 0 Å². The Morgan fingerprint density at radius 3 is 2.53 bits per heavy atom. The first kappa shape index (κ1) is 13.2. The molecule has 102 valence electrons. The number of hydrogen-bond acceptors (Lipinski definition) is 5. The molecule has 1 aliphatic heterocycles. The number of anilines is 1. The lowest BCUT2D eigenvalue weighted by Crippen LogP contribution is -2.19. The van der Waals surface area contributed by atoms with E-state index in [4.69, 9.17) is 9.47 Å². The molecule has 0 saturated carbocycles. The quantitative estimate of drug-likeness (QED) is 0.658. The summed E-state index contributed by atoms with van der Waals surface area (Å²) in [7, 11) is 1.24. The zero-order chi connectivity index (χ0) is 13.8. The average Bonchev–Trinajstić information content (AvgIpc) is 2.39. The average molecular weight is 265 g/mol. The maximum atomic E-state index is 11.6. The SMILES string of the molecule is COC(=O)CC(=O)Nc1cc2c(cc1C)OCCO2. The van der Waals surface area contributed by atoms with Gasteiger partial charge in [-0.3, -0.25) is 9.59 Å². The molecule has 0 aliphatic carbocycles. The highest BCUT2D eigenvalue weighted by Gasteiger charge is 2.16. The number of nitrogens with one attached hydrogen (secondary N) is 1. The van der Waals surface area contributed by atoms with Crippen molar-refractivity contribution in [3.63, 3.8) is 0 Å². The molecular formula is C13H15NO5. The highest BCUT2D eigenvalue weighted by molar-refractivity contribution is 6.02. The minimum atomic E-state index is -0.576. The first-order valence-corrected chi connectivity index (χ1v) is 5.87. The van der Waals surface area contributed by atoms with Crippen molar-refractivity contribution in [1.82, 2.24) is 0 Å². The number of benzene rings is 1. The Hall–Kier alpha value is -2.24. The number of rotatable bonds is 3. The Morgan fingerprint density at radius 2 is 1.89 bits per heavy atom. The van der Waals surface area contributed by atoms with Crippen molar-refractivity contribution < 1.29 is 23.8 Å². The largest absolute Gasteiger partial charge is 0.486 e. The summed E-state index contributed by atoms with van der Waals surface area (Å²) in [5.74, 6) is 0.249. The lowest BCUT2D eigenvalue weighted by Gasteiger charge is -2.20. The molecule has 1 heterocycles. The predicted molar refractivity (Wildman–Crippen MR) is 67.4 cm³/mol. The van der Waals surface area contributed by atoms with Crippen LogP contribution in [0.5, 0.6) is 11.5 Å². The molecule has 0 atom stereocenters. The second-order valence-corrected chi connectivity index (χ2v) is 4.11. The minimum absolute atomic E-state index is 0.315. The fraction of sp³-hybridized carbons (Fsp3) is 0.385. The number of ether oxygens (including phenoxy) is 3. The van der Waals surface area contributed by atoms with Crippen molar-refractivity contribution in [3.05, 3.63) is 17.7 Å². The van der Waals surface area contributed by atoms with Gasteiger partial charge in [0.25, 0.3) is 0 Å². The summed E-state index contributed by atoms with van der Waals surface area (Å²) < 4.78 is 15.3.